The van der Waals surface area contributed by atoms with Crippen LogP contribution in [0.4, 0.5) is 0 Å². The molecule has 0 aromatic heterocycles. The third kappa shape index (κ3) is 3.04. The molecule has 0 unspecified atom stereocenters. The molecule has 0 amide bonds. The van der Waals surface area contributed by atoms with Gasteiger partial charge in [0.2, 0.25) is 0 Å². The van der Waals surface area contributed by atoms with Crippen molar-refractivity contribution < 1.29 is 0 Å². The minimum Gasteiger partial charge on any atom is -0.0836 e. The fraction of sp³-hybridized carbons (Fsp3) is 0.625. The quantitative estimate of drug-likeness (QED) is 0.655. The van der Waals surface area contributed by atoms with Crippen LogP contribution in [0.15, 0.2) is 18.2 Å². The molecule has 0 heterocycles. The van der Waals surface area contributed by atoms with E-state index >= 15 is 0 Å². The molecular weight excluding hydrogens is 228 g/mol. The zero-order valence-corrected chi connectivity index (χ0v) is 11.8. The molecule has 0 spiro atoms. The molecule has 3 aliphatic carbocycles. The summed E-state index contributed by atoms with van der Waals surface area (Å²) in [5.74, 6) is 2.14. The summed E-state index contributed by atoms with van der Waals surface area (Å²) in [7, 11) is 0. The second-order valence-corrected chi connectivity index (χ2v) is 5.81. The molecule has 0 aliphatic heterocycles. The van der Waals surface area contributed by atoms with Gasteiger partial charge in [-0.2, -0.15) is 0 Å². The molecule has 0 radical (unpaired) electrons. The standard InChI is InChI=1S/C10H20.C6H3Cl/c1-3-9-5-7-10(4-2)8-6-9;7-6-3-4-1-2-5(4)6/h9-10H,3-8H2,1-2H3;1-3H. The van der Waals surface area contributed by atoms with E-state index in [2.05, 4.69) is 19.9 Å². The summed E-state index contributed by atoms with van der Waals surface area (Å²) < 4.78 is 0. The predicted octanol–water partition coefficient (Wildman–Crippen LogP) is 5.55. The Morgan fingerprint density at radius 3 is 1.65 bits per heavy atom. The summed E-state index contributed by atoms with van der Waals surface area (Å²) in [4.78, 5) is 0. The molecule has 17 heavy (non-hydrogen) atoms. The van der Waals surface area contributed by atoms with Gasteiger partial charge in [-0.25, -0.2) is 0 Å². The van der Waals surface area contributed by atoms with Gasteiger partial charge in [0.1, 0.15) is 0 Å². The van der Waals surface area contributed by atoms with Crippen molar-refractivity contribution in [3.8, 4) is 0 Å². The second kappa shape index (κ2) is 5.91. The Kier molecular flexibility index (Phi) is 4.50. The van der Waals surface area contributed by atoms with E-state index in [1.165, 1.54) is 49.0 Å². The summed E-state index contributed by atoms with van der Waals surface area (Å²) in [6, 6.07) is 6.05. The molecule has 94 valence electrons. The van der Waals surface area contributed by atoms with Gasteiger partial charge >= 0.3 is 0 Å². The van der Waals surface area contributed by atoms with Crippen LogP contribution in [0, 0.1) is 22.3 Å². The molecule has 1 heteroatoms. The molecule has 3 aliphatic rings. The average Bonchev–Trinajstić information content (AvgIpc) is 2.36. The Hall–Kier alpha value is -0.490. The highest BCUT2D eigenvalue weighted by Gasteiger charge is 2.17. The van der Waals surface area contributed by atoms with Crippen LogP contribution in [0.5, 0.6) is 0 Å². The predicted molar refractivity (Wildman–Crippen MR) is 75.2 cm³/mol. The minimum absolute atomic E-state index is 0.914. The molecular formula is C16H23Cl. The Balaban J connectivity index is 0.000000134. The van der Waals surface area contributed by atoms with Crippen LogP contribution >= 0.6 is 11.6 Å². The van der Waals surface area contributed by atoms with Crippen molar-refractivity contribution in [3.63, 3.8) is 0 Å². The van der Waals surface area contributed by atoms with Crippen LogP contribution in [0.1, 0.15) is 52.4 Å². The zero-order chi connectivity index (χ0) is 12.3. The highest BCUT2D eigenvalue weighted by Crippen LogP contribution is 2.31. The number of hydrogen-bond acceptors (Lipinski definition) is 0. The minimum atomic E-state index is 0.914. The van der Waals surface area contributed by atoms with Crippen LogP contribution in [0.25, 0.3) is 0 Å². The summed E-state index contributed by atoms with van der Waals surface area (Å²) in [6.45, 7) is 4.66. The fourth-order valence-electron chi connectivity index (χ4n) is 2.79. The lowest BCUT2D eigenvalue weighted by Crippen LogP contribution is -2.12. The first-order chi connectivity index (χ1) is 8.24. The van der Waals surface area contributed by atoms with E-state index in [9.17, 15) is 0 Å². The van der Waals surface area contributed by atoms with Gasteiger partial charge < -0.3 is 0 Å². The molecule has 0 atom stereocenters. The van der Waals surface area contributed by atoms with Crippen LogP contribution < -0.4 is 0 Å². The van der Waals surface area contributed by atoms with Crippen LogP contribution in [0.2, 0.25) is 5.02 Å². The maximum atomic E-state index is 5.60. The van der Waals surface area contributed by atoms with E-state index in [0.717, 1.165) is 16.9 Å². The lowest BCUT2D eigenvalue weighted by Gasteiger charge is -2.26. The Morgan fingerprint density at radius 1 is 1.00 bits per heavy atom. The molecule has 1 fully saturated rings. The number of hydrogen-bond donors (Lipinski definition) is 0. The van der Waals surface area contributed by atoms with Gasteiger partial charge in [-0.15, -0.1) is 0 Å². The van der Waals surface area contributed by atoms with Gasteiger partial charge in [0.05, 0.1) is 0 Å². The van der Waals surface area contributed by atoms with Crippen molar-refractivity contribution in [2.75, 3.05) is 0 Å². The van der Waals surface area contributed by atoms with Crippen molar-refractivity contribution in [1.82, 2.24) is 0 Å². The van der Waals surface area contributed by atoms with E-state index in [1.54, 1.807) is 0 Å². The number of benzene rings is 1. The number of halogens is 1. The van der Waals surface area contributed by atoms with E-state index in [4.69, 9.17) is 11.6 Å². The Morgan fingerprint density at radius 2 is 1.53 bits per heavy atom. The maximum Gasteiger partial charge on any atom is 0.0490 e. The van der Waals surface area contributed by atoms with Gasteiger partial charge in [-0.05, 0) is 23.1 Å². The van der Waals surface area contributed by atoms with Crippen molar-refractivity contribution in [1.29, 1.82) is 0 Å². The molecule has 0 saturated heterocycles. The maximum absolute atomic E-state index is 5.60. The normalized spacial score (nSPS) is 24.9. The summed E-state index contributed by atoms with van der Waals surface area (Å²) >= 11 is 5.60. The van der Waals surface area contributed by atoms with Gasteiger partial charge in [0, 0.05) is 10.2 Å². The largest absolute Gasteiger partial charge is 0.0836 e. The van der Waals surface area contributed by atoms with E-state index in [-0.39, 0.29) is 0 Å². The lowest BCUT2D eigenvalue weighted by atomic mass is 9.80. The first kappa shape index (κ1) is 13.0. The first-order valence-electron chi connectivity index (χ1n) is 7.04. The van der Waals surface area contributed by atoms with Gasteiger partial charge in [0.15, 0.2) is 0 Å². The van der Waals surface area contributed by atoms with Crippen LogP contribution in [0.3, 0.4) is 0 Å². The highest BCUT2D eigenvalue weighted by molar-refractivity contribution is 6.31. The zero-order valence-electron chi connectivity index (χ0n) is 11.0. The molecule has 3 rings (SSSR count). The van der Waals surface area contributed by atoms with Crippen molar-refractivity contribution >= 4 is 11.6 Å². The van der Waals surface area contributed by atoms with Crippen molar-refractivity contribution in [2.24, 2.45) is 11.8 Å². The van der Waals surface area contributed by atoms with E-state index in [0.29, 0.717) is 0 Å². The number of rotatable bonds is 2. The van der Waals surface area contributed by atoms with E-state index in [1.807, 2.05) is 12.1 Å². The third-order valence-electron chi connectivity index (χ3n) is 4.40. The van der Waals surface area contributed by atoms with Crippen molar-refractivity contribution in [2.45, 2.75) is 52.4 Å². The second-order valence-electron chi connectivity index (χ2n) is 5.40. The summed E-state index contributed by atoms with van der Waals surface area (Å²) in [6.07, 6.45) is 8.86. The smallest absolute Gasteiger partial charge is 0.0490 e. The average molecular weight is 251 g/mol. The van der Waals surface area contributed by atoms with E-state index < -0.39 is 0 Å². The van der Waals surface area contributed by atoms with Gasteiger partial charge in [-0.3, -0.25) is 0 Å². The first-order valence-corrected chi connectivity index (χ1v) is 7.42. The molecule has 1 saturated carbocycles. The molecule has 0 nitrogen and oxygen atoms in total. The lowest BCUT2D eigenvalue weighted by molar-refractivity contribution is 0.264. The van der Waals surface area contributed by atoms with Gasteiger partial charge in [0.25, 0.3) is 0 Å². The SMILES string of the molecule is CCC1CCC(CC)CC1.Clc1cc2ccc1=2. The molecule has 0 aromatic carbocycles. The Bertz CT molecular complexity index is 429. The van der Waals surface area contributed by atoms with Crippen molar-refractivity contribution in [3.05, 3.63) is 33.7 Å². The monoisotopic (exact) mass is 250 g/mol. The van der Waals surface area contributed by atoms with Crippen LogP contribution in [-0.4, -0.2) is 0 Å². The molecule has 0 aromatic rings. The Labute approximate surface area is 110 Å². The molecule has 0 bridgehead atoms. The van der Waals surface area contributed by atoms with Crippen LogP contribution in [-0.2, 0) is 0 Å². The van der Waals surface area contributed by atoms with Gasteiger partial charge in [-0.1, -0.05) is 76.1 Å². The highest BCUT2D eigenvalue weighted by atomic mass is 35.5. The summed E-state index contributed by atoms with van der Waals surface area (Å²) in [5, 5.41) is 3.46. The third-order valence-corrected chi connectivity index (χ3v) is 4.71. The summed E-state index contributed by atoms with van der Waals surface area (Å²) in [5.41, 5.74) is 0. The topological polar surface area (TPSA) is 0 Å². The molecule has 0 N–H and O–H groups in total. The fourth-order valence-corrected chi connectivity index (χ4v) is 3.08.